The van der Waals surface area contributed by atoms with Gasteiger partial charge < -0.3 is 29.7 Å². The second kappa shape index (κ2) is 12.2. The Morgan fingerprint density at radius 2 is 1.98 bits per heavy atom. The number of ether oxygens (including phenoxy) is 2. The molecule has 0 aliphatic carbocycles. The van der Waals surface area contributed by atoms with Crippen LogP contribution in [-0.4, -0.2) is 88.6 Å². The number of alkyl halides is 1. The summed E-state index contributed by atoms with van der Waals surface area (Å²) in [5.74, 6) is 0.432. The SMILES string of the molecule is C[C@H](O)C(=O)N1CC[C@H](Oc2ccc(-c3ncnc(Nc4ccc(N5CCOCC5)cc4)n3)cc2C#N)[C@H](F)C1. The maximum atomic E-state index is 14.8. The largest absolute Gasteiger partial charge is 0.486 e. The fraction of sp³-hybridized carbons (Fsp3) is 0.393. The maximum absolute atomic E-state index is 14.8. The van der Waals surface area contributed by atoms with E-state index in [2.05, 4.69) is 31.2 Å². The van der Waals surface area contributed by atoms with Crippen LogP contribution in [0.5, 0.6) is 5.75 Å². The molecule has 11 nitrogen and oxygen atoms in total. The van der Waals surface area contributed by atoms with Crippen LogP contribution in [0.3, 0.4) is 0 Å². The van der Waals surface area contributed by atoms with Crippen LogP contribution in [0.2, 0.25) is 0 Å². The molecule has 0 saturated carbocycles. The number of likely N-dealkylation sites (tertiary alicyclic amines) is 1. The van der Waals surface area contributed by atoms with Crippen LogP contribution in [-0.2, 0) is 9.53 Å². The van der Waals surface area contributed by atoms with E-state index < -0.39 is 24.3 Å². The molecule has 3 aromatic rings. The number of anilines is 3. The number of nitrogens with one attached hydrogen (secondary N) is 1. The molecule has 3 heterocycles. The molecule has 2 saturated heterocycles. The van der Waals surface area contributed by atoms with E-state index in [1.807, 2.05) is 24.3 Å². The van der Waals surface area contributed by atoms with Gasteiger partial charge in [0.15, 0.2) is 12.0 Å². The highest BCUT2D eigenvalue weighted by Gasteiger charge is 2.34. The molecule has 3 atom stereocenters. The molecule has 1 aromatic heterocycles. The number of halogens is 1. The molecular weight excluding hydrogens is 517 g/mol. The first kappa shape index (κ1) is 27.2. The number of hydrogen-bond acceptors (Lipinski definition) is 10. The molecule has 0 unspecified atom stereocenters. The number of nitrogens with zero attached hydrogens (tertiary/aromatic N) is 6. The van der Waals surface area contributed by atoms with Crippen molar-refractivity contribution < 1.29 is 23.8 Å². The molecule has 208 valence electrons. The van der Waals surface area contributed by atoms with E-state index in [0.717, 1.165) is 37.7 Å². The van der Waals surface area contributed by atoms with Crippen molar-refractivity contribution in [1.29, 1.82) is 5.26 Å². The predicted octanol–water partition coefficient (Wildman–Crippen LogP) is 2.69. The van der Waals surface area contributed by atoms with Gasteiger partial charge in [-0.05, 0) is 49.4 Å². The van der Waals surface area contributed by atoms with Crippen molar-refractivity contribution in [2.45, 2.75) is 31.7 Å². The van der Waals surface area contributed by atoms with Crippen LogP contribution >= 0.6 is 0 Å². The number of piperidine rings is 1. The lowest BCUT2D eigenvalue weighted by Crippen LogP contribution is -2.51. The zero-order chi connectivity index (χ0) is 28.1. The number of aliphatic hydroxyl groups excluding tert-OH is 1. The summed E-state index contributed by atoms with van der Waals surface area (Å²) in [5, 5.41) is 22.4. The molecule has 2 N–H and O–H groups in total. The zero-order valence-corrected chi connectivity index (χ0v) is 22.0. The number of carbonyl (C=O) groups excluding carboxylic acids is 1. The van der Waals surface area contributed by atoms with Gasteiger partial charge in [0.1, 0.15) is 30.4 Å². The van der Waals surface area contributed by atoms with Crippen molar-refractivity contribution in [1.82, 2.24) is 19.9 Å². The standard InChI is InChI=1S/C28H30FN7O4/c1-18(37)27(38)36-9-8-25(23(29)16-36)40-24-7-2-19(14-20(24)15-30)26-31-17-32-28(34-26)33-21-3-5-22(6-4-21)35-10-12-39-13-11-35/h2-7,14,17-18,23,25,37H,8-13,16H2,1H3,(H,31,32,33,34)/t18-,23+,25-/m0/s1. The lowest BCUT2D eigenvalue weighted by Gasteiger charge is -2.35. The first-order valence-electron chi connectivity index (χ1n) is 13.1. The Balaban J connectivity index is 1.25. The van der Waals surface area contributed by atoms with Gasteiger partial charge >= 0.3 is 0 Å². The van der Waals surface area contributed by atoms with E-state index in [-0.39, 0.29) is 30.8 Å². The van der Waals surface area contributed by atoms with Gasteiger partial charge in [-0.1, -0.05) is 0 Å². The quantitative estimate of drug-likeness (QED) is 0.454. The number of hydrogen-bond donors (Lipinski definition) is 2. The fourth-order valence-electron chi connectivity index (χ4n) is 4.70. The molecule has 2 aliphatic heterocycles. The Labute approximate surface area is 231 Å². The molecule has 2 aliphatic rings. The number of aromatic nitrogens is 3. The van der Waals surface area contributed by atoms with Gasteiger partial charge in [-0.15, -0.1) is 0 Å². The average molecular weight is 548 g/mol. The minimum Gasteiger partial charge on any atom is -0.486 e. The molecule has 5 rings (SSSR count). The smallest absolute Gasteiger partial charge is 0.251 e. The third-order valence-corrected chi connectivity index (χ3v) is 6.86. The van der Waals surface area contributed by atoms with E-state index in [1.54, 1.807) is 18.2 Å². The summed E-state index contributed by atoms with van der Waals surface area (Å²) in [7, 11) is 0. The van der Waals surface area contributed by atoms with Crippen LogP contribution < -0.4 is 15.0 Å². The van der Waals surface area contributed by atoms with E-state index in [1.165, 1.54) is 18.2 Å². The number of aliphatic hydroxyl groups is 1. The van der Waals surface area contributed by atoms with Gasteiger partial charge in [0.25, 0.3) is 5.91 Å². The van der Waals surface area contributed by atoms with E-state index in [0.29, 0.717) is 17.3 Å². The van der Waals surface area contributed by atoms with Crippen molar-refractivity contribution in [3.63, 3.8) is 0 Å². The van der Waals surface area contributed by atoms with Gasteiger partial charge in [0.05, 0.1) is 25.3 Å². The molecule has 0 radical (unpaired) electrons. The van der Waals surface area contributed by atoms with Gasteiger partial charge in [-0.25, -0.2) is 14.4 Å². The van der Waals surface area contributed by atoms with Crippen molar-refractivity contribution in [3.8, 4) is 23.2 Å². The highest BCUT2D eigenvalue weighted by atomic mass is 19.1. The third kappa shape index (κ3) is 6.27. The number of nitriles is 1. The Bertz CT molecular complexity index is 1380. The predicted molar refractivity (Wildman–Crippen MR) is 145 cm³/mol. The summed E-state index contributed by atoms with van der Waals surface area (Å²) in [5.41, 5.74) is 2.72. The van der Waals surface area contributed by atoms with Crippen molar-refractivity contribution in [2.24, 2.45) is 0 Å². The van der Waals surface area contributed by atoms with Crippen LogP contribution in [0.1, 0.15) is 18.9 Å². The Kier molecular flexibility index (Phi) is 8.33. The number of carbonyl (C=O) groups is 1. The molecule has 2 fully saturated rings. The third-order valence-electron chi connectivity index (χ3n) is 6.86. The topological polar surface area (TPSA) is 137 Å². The molecule has 12 heteroatoms. The highest BCUT2D eigenvalue weighted by Crippen LogP contribution is 2.29. The highest BCUT2D eigenvalue weighted by molar-refractivity contribution is 5.80. The molecule has 40 heavy (non-hydrogen) atoms. The number of morpholine rings is 1. The summed E-state index contributed by atoms with van der Waals surface area (Å²) in [6.45, 7) is 4.59. The lowest BCUT2D eigenvalue weighted by atomic mass is 10.0. The first-order valence-corrected chi connectivity index (χ1v) is 13.1. The zero-order valence-electron chi connectivity index (χ0n) is 22.0. The van der Waals surface area contributed by atoms with Crippen LogP contribution in [0.4, 0.5) is 21.7 Å². The monoisotopic (exact) mass is 547 g/mol. The van der Waals surface area contributed by atoms with Gasteiger partial charge in [0.2, 0.25) is 5.95 Å². The van der Waals surface area contributed by atoms with E-state index in [9.17, 15) is 19.6 Å². The minimum atomic E-state index is -1.46. The summed E-state index contributed by atoms with van der Waals surface area (Å²) in [6.07, 6.45) is -1.84. The molecule has 0 spiro atoms. The fourth-order valence-corrected chi connectivity index (χ4v) is 4.70. The first-order chi connectivity index (χ1) is 19.4. The Hall–Kier alpha value is -4.34. The van der Waals surface area contributed by atoms with Crippen molar-refractivity contribution >= 4 is 23.2 Å². The van der Waals surface area contributed by atoms with Gasteiger partial charge in [-0.2, -0.15) is 10.2 Å². The van der Waals surface area contributed by atoms with E-state index >= 15 is 0 Å². The summed E-state index contributed by atoms with van der Waals surface area (Å²) >= 11 is 0. The van der Waals surface area contributed by atoms with Gasteiger partial charge in [0, 0.05) is 43.0 Å². The summed E-state index contributed by atoms with van der Waals surface area (Å²) < 4.78 is 26.1. The molecule has 0 bridgehead atoms. The molecule has 1 amide bonds. The maximum Gasteiger partial charge on any atom is 0.251 e. The van der Waals surface area contributed by atoms with E-state index in [4.69, 9.17) is 9.47 Å². The number of amides is 1. The van der Waals surface area contributed by atoms with Crippen molar-refractivity contribution in [2.75, 3.05) is 49.6 Å². The number of rotatable bonds is 7. The van der Waals surface area contributed by atoms with Crippen LogP contribution in [0, 0.1) is 11.3 Å². The summed E-state index contributed by atoms with van der Waals surface area (Å²) in [6, 6.07) is 15.0. The average Bonchev–Trinajstić information content (AvgIpc) is 2.99. The van der Waals surface area contributed by atoms with Crippen molar-refractivity contribution in [3.05, 3.63) is 54.4 Å². The Morgan fingerprint density at radius 3 is 2.67 bits per heavy atom. The lowest BCUT2D eigenvalue weighted by molar-refractivity contribution is -0.143. The normalized spacial score (nSPS) is 19.9. The van der Waals surface area contributed by atoms with Gasteiger partial charge in [-0.3, -0.25) is 4.79 Å². The number of benzene rings is 2. The molecule has 2 aromatic carbocycles. The summed E-state index contributed by atoms with van der Waals surface area (Å²) in [4.78, 5) is 28.5. The Morgan fingerprint density at radius 1 is 1.20 bits per heavy atom. The minimum absolute atomic E-state index is 0.176. The van der Waals surface area contributed by atoms with Crippen LogP contribution in [0.15, 0.2) is 48.8 Å². The van der Waals surface area contributed by atoms with Crippen LogP contribution in [0.25, 0.3) is 11.4 Å². The molecular formula is C28H30FN7O4. The second-order valence-corrected chi connectivity index (χ2v) is 9.65. The second-order valence-electron chi connectivity index (χ2n) is 9.65.